The Morgan fingerprint density at radius 3 is 2.63 bits per heavy atom. The number of amides is 3. The molecule has 4 rings (SSSR count). The Kier molecular flexibility index (Phi) is 9.06. The molecule has 200 valence electrons. The number of carbonyl (C=O) groups is 3. The average Bonchev–Trinajstić information content (AvgIpc) is 3.39. The van der Waals surface area contributed by atoms with Gasteiger partial charge in [-0.05, 0) is 83.6 Å². The third-order valence-electron chi connectivity index (χ3n) is 6.62. The van der Waals surface area contributed by atoms with Gasteiger partial charge in [0.25, 0.3) is 0 Å². The molecule has 2 aliphatic rings. The number of anilines is 2. The number of benzene rings is 2. The maximum Gasteiger partial charge on any atom is 0.335 e. The van der Waals surface area contributed by atoms with Gasteiger partial charge in [0.2, 0.25) is 5.91 Å². The summed E-state index contributed by atoms with van der Waals surface area (Å²) in [4.78, 5) is 38.6. The van der Waals surface area contributed by atoms with E-state index >= 15 is 0 Å². The quantitative estimate of drug-likeness (QED) is 0.326. The molecule has 0 radical (unpaired) electrons. The third kappa shape index (κ3) is 6.95. The predicted molar refractivity (Wildman–Crippen MR) is 150 cm³/mol. The largest absolute Gasteiger partial charge is 0.495 e. The summed E-state index contributed by atoms with van der Waals surface area (Å²) >= 11 is 3.46. The molecule has 0 bridgehead atoms. The summed E-state index contributed by atoms with van der Waals surface area (Å²) in [5, 5.41) is 18.1. The lowest BCUT2D eigenvalue weighted by molar-refractivity contribution is -0.131. The van der Waals surface area contributed by atoms with Crippen LogP contribution < -0.4 is 20.7 Å². The molecule has 0 unspecified atom stereocenters. The first-order valence-electron chi connectivity index (χ1n) is 12.5. The van der Waals surface area contributed by atoms with Gasteiger partial charge in [-0.25, -0.2) is 9.59 Å². The predicted octanol–water partition coefficient (Wildman–Crippen LogP) is 5.12. The van der Waals surface area contributed by atoms with Crippen LogP contribution in [-0.4, -0.2) is 54.2 Å². The van der Waals surface area contributed by atoms with Gasteiger partial charge in [-0.15, -0.1) is 0 Å². The first kappa shape index (κ1) is 27.3. The number of nitrogens with zero attached hydrogens (tertiary/aromatic N) is 1. The Balaban J connectivity index is 1.34. The molecule has 2 aromatic carbocycles. The number of hydrogen-bond acceptors (Lipinski definition) is 5. The van der Waals surface area contributed by atoms with Gasteiger partial charge in [0.15, 0.2) is 0 Å². The van der Waals surface area contributed by atoms with Crippen LogP contribution in [-0.2, 0) is 11.2 Å². The standard InChI is InChI=1S/C28H31BrN4O5/c1-38-25-15-18(8-13-24(25)32-28(37)31-23-7-3-2-6-22(23)29)16-26(34)33-14-4-5-21(33)17-30-20-11-9-19(10-12-20)27(35)36/h2,6,8-13,15,21,30H,3-5,7,14,16-17H2,1H3,(H,35,36)(H2,31,32,37)/t21-/m0/s1. The smallest absolute Gasteiger partial charge is 0.335 e. The molecule has 4 N–H and O–H groups in total. The molecule has 1 heterocycles. The number of methoxy groups -OCH3 is 1. The van der Waals surface area contributed by atoms with Crippen LogP contribution in [0, 0.1) is 0 Å². The lowest BCUT2D eigenvalue weighted by Crippen LogP contribution is -2.40. The normalized spacial score (nSPS) is 16.8. The number of rotatable bonds is 9. The minimum Gasteiger partial charge on any atom is -0.495 e. The highest BCUT2D eigenvalue weighted by Gasteiger charge is 2.28. The summed E-state index contributed by atoms with van der Waals surface area (Å²) in [6.07, 6.45) is 7.62. The van der Waals surface area contributed by atoms with E-state index in [2.05, 4.69) is 31.9 Å². The Labute approximate surface area is 230 Å². The van der Waals surface area contributed by atoms with E-state index in [1.165, 1.54) is 7.11 Å². The van der Waals surface area contributed by atoms with Gasteiger partial charge in [-0.2, -0.15) is 0 Å². The first-order chi connectivity index (χ1) is 18.3. The maximum atomic E-state index is 13.2. The van der Waals surface area contributed by atoms with Crippen LogP contribution in [0.5, 0.6) is 5.75 Å². The molecular formula is C28H31BrN4O5. The van der Waals surface area contributed by atoms with E-state index in [0.717, 1.165) is 47.1 Å². The molecule has 0 spiro atoms. The number of ether oxygens (including phenoxy) is 1. The Hall–Kier alpha value is -3.79. The highest BCUT2D eigenvalue weighted by Crippen LogP contribution is 2.28. The Morgan fingerprint density at radius 1 is 1.13 bits per heavy atom. The molecule has 1 fully saturated rings. The van der Waals surface area contributed by atoms with Crippen LogP contribution >= 0.6 is 15.9 Å². The maximum absolute atomic E-state index is 13.2. The number of aromatic carboxylic acids is 1. The summed E-state index contributed by atoms with van der Waals surface area (Å²) in [7, 11) is 1.53. The van der Waals surface area contributed by atoms with Crippen molar-refractivity contribution < 1.29 is 24.2 Å². The molecule has 1 atom stereocenters. The minimum absolute atomic E-state index is 0.0261. The molecule has 9 nitrogen and oxygen atoms in total. The van der Waals surface area contributed by atoms with Crippen LogP contribution in [0.4, 0.5) is 16.2 Å². The molecule has 0 saturated carbocycles. The Bertz CT molecular complexity index is 1260. The van der Waals surface area contributed by atoms with Crippen molar-refractivity contribution in [3.8, 4) is 5.75 Å². The van der Waals surface area contributed by atoms with Gasteiger partial charge in [-0.1, -0.05) is 18.2 Å². The van der Waals surface area contributed by atoms with Crippen LogP contribution in [0.25, 0.3) is 0 Å². The highest BCUT2D eigenvalue weighted by atomic mass is 79.9. The van der Waals surface area contributed by atoms with Crippen molar-refractivity contribution in [1.82, 2.24) is 10.2 Å². The van der Waals surface area contributed by atoms with Gasteiger partial charge < -0.3 is 30.7 Å². The number of halogens is 1. The van der Waals surface area contributed by atoms with Crippen molar-refractivity contribution in [3.05, 3.63) is 75.9 Å². The van der Waals surface area contributed by atoms with Crippen LogP contribution in [0.2, 0.25) is 0 Å². The zero-order valence-electron chi connectivity index (χ0n) is 21.1. The fourth-order valence-electron chi connectivity index (χ4n) is 4.61. The zero-order valence-corrected chi connectivity index (χ0v) is 22.7. The molecule has 2 aromatic rings. The third-order valence-corrected chi connectivity index (χ3v) is 7.36. The number of hydrogen-bond donors (Lipinski definition) is 4. The zero-order chi connectivity index (χ0) is 27.1. The summed E-state index contributed by atoms with van der Waals surface area (Å²) in [6.45, 7) is 1.28. The second kappa shape index (κ2) is 12.6. The van der Waals surface area contributed by atoms with E-state index < -0.39 is 5.97 Å². The van der Waals surface area contributed by atoms with Crippen molar-refractivity contribution in [2.24, 2.45) is 0 Å². The van der Waals surface area contributed by atoms with Gasteiger partial charge in [0.1, 0.15) is 5.75 Å². The van der Waals surface area contributed by atoms with E-state index in [1.807, 2.05) is 23.1 Å². The molecular weight excluding hydrogens is 552 g/mol. The number of likely N-dealkylation sites (tertiary alicyclic amines) is 1. The number of nitrogens with one attached hydrogen (secondary N) is 3. The second-order valence-electron chi connectivity index (χ2n) is 9.20. The SMILES string of the molecule is COc1cc(CC(=O)N2CCC[C@H]2CNc2ccc(C(=O)O)cc2)ccc1NC(=O)NC1=C(Br)C=CCC1. The highest BCUT2D eigenvalue weighted by molar-refractivity contribution is 9.11. The van der Waals surface area contributed by atoms with Crippen molar-refractivity contribution in [1.29, 1.82) is 0 Å². The van der Waals surface area contributed by atoms with Crippen molar-refractivity contribution >= 4 is 45.2 Å². The molecule has 1 saturated heterocycles. The molecule has 3 amide bonds. The van der Waals surface area contributed by atoms with Gasteiger partial charge in [0, 0.05) is 35.0 Å². The second-order valence-corrected chi connectivity index (χ2v) is 10.1. The lowest BCUT2D eigenvalue weighted by Gasteiger charge is -2.25. The van der Waals surface area contributed by atoms with Crippen LogP contribution in [0.3, 0.4) is 0 Å². The summed E-state index contributed by atoms with van der Waals surface area (Å²) in [5.74, 6) is -0.458. The number of urea groups is 1. The van der Waals surface area contributed by atoms with E-state index in [9.17, 15) is 14.4 Å². The van der Waals surface area contributed by atoms with Gasteiger partial charge in [-0.3, -0.25) is 4.79 Å². The number of carbonyl (C=O) groups excluding carboxylic acids is 2. The van der Waals surface area contributed by atoms with Gasteiger partial charge >= 0.3 is 12.0 Å². The van der Waals surface area contributed by atoms with Crippen molar-refractivity contribution in [3.63, 3.8) is 0 Å². The molecule has 1 aliphatic heterocycles. The summed E-state index contributed by atoms with van der Waals surface area (Å²) in [5.41, 5.74) is 3.18. The average molecular weight is 583 g/mol. The van der Waals surface area contributed by atoms with Crippen molar-refractivity contribution in [2.75, 3.05) is 30.8 Å². The van der Waals surface area contributed by atoms with Crippen molar-refractivity contribution in [2.45, 2.75) is 38.1 Å². The molecule has 38 heavy (non-hydrogen) atoms. The number of allylic oxidation sites excluding steroid dienone is 4. The monoisotopic (exact) mass is 582 g/mol. The fourth-order valence-corrected chi connectivity index (χ4v) is 5.10. The minimum atomic E-state index is -0.962. The van der Waals surface area contributed by atoms with Crippen LogP contribution in [0.1, 0.15) is 41.6 Å². The fraction of sp³-hybridized carbons (Fsp3) is 0.321. The van der Waals surface area contributed by atoms with E-state index in [0.29, 0.717) is 24.5 Å². The topological polar surface area (TPSA) is 120 Å². The Morgan fingerprint density at radius 2 is 1.92 bits per heavy atom. The molecule has 10 heteroatoms. The lowest BCUT2D eigenvalue weighted by atomic mass is 10.1. The van der Waals surface area contributed by atoms with Crippen LogP contribution in [0.15, 0.2) is 64.8 Å². The summed E-state index contributed by atoms with van der Waals surface area (Å²) < 4.78 is 6.34. The molecule has 0 aromatic heterocycles. The van der Waals surface area contributed by atoms with Gasteiger partial charge in [0.05, 0.1) is 24.8 Å². The first-order valence-corrected chi connectivity index (χ1v) is 13.3. The van der Waals surface area contributed by atoms with E-state index in [4.69, 9.17) is 9.84 Å². The number of carboxylic acid groups (broad SMARTS) is 1. The van der Waals surface area contributed by atoms with E-state index in [1.54, 1.807) is 36.4 Å². The van der Waals surface area contributed by atoms with E-state index in [-0.39, 0.29) is 30.0 Å². The molecule has 1 aliphatic carbocycles. The summed E-state index contributed by atoms with van der Waals surface area (Å²) in [6, 6.07) is 11.6. The number of carboxylic acids is 1.